The molecule has 1 amide bonds. The Hall–Kier alpha value is -2.02. The largest absolute Gasteiger partial charge is 0.336 e. The first-order chi connectivity index (χ1) is 11.1. The highest BCUT2D eigenvalue weighted by molar-refractivity contribution is 7.99. The van der Waals surface area contributed by atoms with Gasteiger partial charge < -0.3 is 10.7 Å². The van der Waals surface area contributed by atoms with Gasteiger partial charge in [0.25, 0.3) is 0 Å². The zero-order valence-electron chi connectivity index (χ0n) is 13.0. The standard InChI is InChI=1S/C16H19N5OS/c1-10-8-12-4-2-3-5-13(12)20(10)14(22)9-23-16-19-18-15(21(16)17)11-6-7-11/h2-5,10-11H,6-9,17H2,1H3/t10-/m1/s1. The molecule has 0 radical (unpaired) electrons. The number of nitrogen functional groups attached to an aromatic ring is 1. The van der Waals surface area contributed by atoms with Gasteiger partial charge >= 0.3 is 0 Å². The molecule has 0 saturated heterocycles. The molecule has 1 aliphatic carbocycles. The molecule has 2 aromatic rings. The predicted octanol–water partition coefficient (Wildman–Crippen LogP) is 1.94. The van der Waals surface area contributed by atoms with Gasteiger partial charge in [-0.05, 0) is 37.8 Å². The number of rotatable bonds is 4. The maximum atomic E-state index is 12.7. The topological polar surface area (TPSA) is 77.0 Å². The first-order valence-corrected chi connectivity index (χ1v) is 8.87. The number of para-hydroxylation sites is 1. The van der Waals surface area contributed by atoms with Crippen molar-refractivity contribution in [3.8, 4) is 0 Å². The molecule has 1 atom stereocenters. The molecule has 2 aliphatic rings. The van der Waals surface area contributed by atoms with Crippen LogP contribution in [0, 0.1) is 0 Å². The lowest BCUT2D eigenvalue weighted by molar-refractivity contribution is -0.116. The fourth-order valence-electron chi connectivity index (χ4n) is 3.15. The minimum atomic E-state index is 0.0865. The number of amides is 1. The lowest BCUT2D eigenvalue weighted by Gasteiger charge is -2.22. The summed E-state index contributed by atoms with van der Waals surface area (Å²) in [7, 11) is 0. The number of carbonyl (C=O) groups is 1. The van der Waals surface area contributed by atoms with E-state index in [0.29, 0.717) is 16.8 Å². The Labute approximate surface area is 139 Å². The third kappa shape index (κ3) is 2.59. The second kappa shape index (κ2) is 5.56. The predicted molar refractivity (Wildman–Crippen MR) is 90.0 cm³/mol. The number of aromatic nitrogens is 3. The van der Waals surface area contributed by atoms with Crippen LogP contribution in [0.4, 0.5) is 5.69 Å². The van der Waals surface area contributed by atoms with Crippen LogP contribution < -0.4 is 10.7 Å². The van der Waals surface area contributed by atoms with Crippen molar-refractivity contribution in [3.63, 3.8) is 0 Å². The second-order valence-corrected chi connectivity index (χ2v) is 7.16. The fraction of sp³-hybridized carbons (Fsp3) is 0.438. The van der Waals surface area contributed by atoms with E-state index in [1.807, 2.05) is 23.1 Å². The molecule has 4 rings (SSSR count). The van der Waals surface area contributed by atoms with Crippen molar-refractivity contribution in [2.24, 2.45) is 0 Å². The average molecular weight is 329 g/mol. The van der Waals surface area contributed by atoms with E-state index in [2.05, 4.69) is 23.2 Å². The molecule has 2 heterocycles. The number of thioether (sulfide) groups is 1. The van der Waals surface area contributed by atoms with Crippen LogP contribution in [0.2, 0.25) is 0 Å². The molecular formula is C16H19N5OS. The van der Waals surface area contributed by atoms with E-state index in [-0.39, 0.29) is 11.9 Å². The van der Waals surface area contributed by atoms with Crippen molar-refractivity contribution in [2.45, 2.75) is 43.3 Å². The molecule has 1 aromatic heterocycles. The Morgan fingerprint density at radius 3 is 2.91 bits per heavy atom. The quantitative estimate of drug-likeness (QED) is 0.685. The zero-order chi connectivity index (χ0) is 16.0. The van der Waals surface area contributed by atoms with Crippen molar-refractivity contribution >= 4 is 23.4 Å². The molecule has 120 valence electrons. The molecule has 6 nitrogen and oxygen atoms in total. The van der Waals surface area contributed by atoms with Gasteiger partial charge in [0.1, 0.15) is 0 Å². The third-order valence-electron chi connectivity index (χ3n) is 4.43. The highest BCUT2D eigenvalue weighted by Crippen LogP contribution is 2.39. The minimum Gasteiger partial charge on any atom is -0.336 e. The van der Waals surface area contributed by atoms with Gasteiger partial charge in [-0.2, -0.15) is 0 Å². The molecule has 1 saturated carbocycles. The highest BCUT2D eigenvalue weighted by Gasteiger charge is 2.32. The summed E-state index contributed by atoms with van der Waals surface area (Å²) in [5.74, 6) is 7.72. The van der Waals surface area contributed by atoms with Gasteiger partial charge in [-0.15, -0.1) is 10.2 Å². The monoisotopic (exact) mass is 329 g/mol. The number of nitrogens with two attached hydrogens (primary N) is 1. The third-order valence-corrected chi connectivity index (χ3v) is 5.36. The number of carbonyl (C=O) groups excluding carboxylic acids is 1. The maximum absolute atomic E-state index is 12.7. The van der Waals surface area contributed by atoms with Crippen LogP contribution in [0.1, 0.15) is 37.1 Å². The minimum absolute atomic E-state index is 0.0865. The Morgan fingerprint density at radius 2 is 2.13 bits per heavy atom. The first-order valence-electron chi connectivity index (χ1n) is 7.88. The Kier molecular flexibility index (Phi) is 3.52. The van der Waals surface area contributed by atoms with Crippen molar-refractivity contribution in [3.05, 3.63) is 35.7 Å². The Balaban J connectivity index is 1.46. The summed E-state index contributed by atoms with van der Waals surface area (Å²) in [6, 6.07) is 8.29. The SMILES string of the molecule is C[C@@H]1Cc2ccccc2N1C(=O)CSc1nnc(C2CC2)n1N. The Bertz CT molecular complexity index is 755. The molecule has 7 heteroatoms. The van der Waals surface area contributed by atoms with Gasteiger partial charge in [0, 0.05) is 17.6 Å². The summed E-state index contributed by atoms with van der Waals surface area (Å²) in [5.41, 5.74) is 2.26. The fourth-order valence-corrected chi connectivity index (χ4v) is 3.87. The molecule has 1 aliphatic heterocycles. The maximum Gasteiger partial charge on any atom is 0.237 e. The van der Waals surface area contributed by atoms with E-state index >= 15 is 0 Å². The number of nitrogens with zero attached hydrogens (tertiary/aromatic N) is 4. The smallest absolute Gasteiger partial charge is 0.237 e. The lowest BCUT2D eigenvalue weighted by atomic mass is 10.1. The van der Waals surface area contributed by atoms with Crippen molar-refractivity contribution in [1.82, 2.24) is 14.9 Å². The van der Waals surface area contributed by atoms with Crippen LogP contribution in [-0.2, 0) is 11.2 Å². The van der Waals surface area contributed by atoms with Crippen LogP contribution in [0.25, 0.3) is 0 Å². The van der Waals surface area contributed by atoms with Crippen LogP contribution in [0.15, 0.2) is 29.4 Å². The lowest BCUT2D eigenvalue weighted by Crippen LogP contribution is -2.37. The number of hydrogen-bond donors (Lipinski definition) is 1. The number of benzene rings is 1. The molecule has 0 bridgehead atoms. The van der Waals surface area contributed by atoms with Crippen LogP contribution in [-0.4, -0.2) is 32.6 Å². The summed E-state index contributed by atoms with van der Waals surface area (Å²) in [5, 5.41) is 8.88. The van der Waals surface area contributed by atoms with E-state index in [4.69, 9.17) is 5.84 Å². The van der Waals surface area contributed by atoms with E-state index < -0.39 is 0 Å². The van der Waals surface area contributed by atoms with E-state index in [0.717, 1.165) is 30.8 Å². The van der Waals surface area contributed by atoms with Gasteiger partial charge in [-0.1, -0.05) is 30.0 Å². The molecule has 0 spiro atoms. The summed E-state index contributed by atoms with van der Waals surface area (Å²) in [4.78, 5) is 14.6. The van der Waals surface area contributed by atoms with Gasteiger partial charge in [0.05, 0.1) is 5.75 Å². The second-order valence-electron chi connectivity index (χ2n) is 6.22. The van der Waals surface area contributed by atoms with Crippen LogP contribution >= 0.6 is 11.8 Å². The number of hydrogen-bond acceptors (Lipinski definition) is 5. The molecular weight excluding hydrogens is 310 g/mol. The molecule has 1 fully saturated rings. The zero-order valence-corrected chi connectivity index (χ0v) is 13.8. The van der Waals surface area contributed by atoms with Gasteiger partial charge in [0.2, 0.25) is 11.1 Å². The highest BCUT2D eigenvalue weighted by atomic mass is 32.2. The first kappa shape index (κ1) is 14.6. The van der Waals surface area contributed by atoms with Crippen molar-refractivity contribution in [2.75, 3.05) is 16.5 Å². The summed E-state index contributed by atoms with van der Waals surface area (Å²) in [6.07, 6.45) is 3.16. The van der Waals surface area contributed by atoms with Crippen LogP contribution in [0.3, 0.4) is 0 Å². The van der Waals surface area contributed by atoms with Gasteiger partial charge in [0.15, 0.2) is 5.82 Å². The summed E-state index contributed by atoms with van der Waals surface area (Å²) >= 11 is 1.36. The van der Waals surface area contributed by atoms with E-state index in [1.165, 1.54) is 22.0 Å². The summed E-state index contributed by atoms with van der Waals surface area (Å²) < 4.78 is 1.54. The average Bonchev–Trinajstić information content (AvgIpc) is 3.23. The van der Waals surface area contributed by atoms with E-state index in [9.17, 15) is 4.79 Å². The van der Waals surface area contributed by atoms with Crippen molar-refractivity contribution < 1.29 is 4.79 Å². The van der Waals surface area contributed by atoms with Crippen LogP contribution in [0.5, 0.6) is 0 Å². The molecule has 2 N–H and O–H groups in total. The number of anilines is 1. The molecule has 0 unspecified atom stereocenters. The normalized spacial score (nSPS) is 19.9. The van der Waals surface area contributed by atoms with Crippen molar-refractivity contribution in [1.29, 1.82) is 0 Å². The Morgan fingerprint density at radius 1 is 1.35 bits per heavy atom. The molecule has 1 aromatic carbocycles. The van der Waals surface area contributed by atoms with Gasteiger partial charge in [-0.3, -0.25) is 4.79 Å². The molecule has 23 heavy (non-hydrogen) atoms. The summed E-state index contributed by atoms with van der Waals surface area (Å²) in [6.45, 7) is 2.08. The number of fused-ring (bicyclic) bond motifs is 1. The van der Waals surface area contributed by atoms with Gasteiger partial charge in [-0.25, -0.2) is 4.68 Å². The van der Waals surface area contributed by atoms with E-state index in [1.54, 1.807) is 0 Å².